The van der Waals surface area contributed by atoms with E-state index in [2.05, 4.69) is 25.8 Å². The van der Waals surface area contributed by atoms with E-state index in [0.717, 1.165) is 12.8 Å². The van der Waals surface area contributed by atoms with Gasteiger partial charge in [0.05, 0.1) is 0 Å². The van der Waals surface area contributed by atoms with Crippen LogP contribution in [0.5, 0.6) is 0 Å². The number of hydrogen-bond donors (Lipinski definition) is 1. The van der Waals surface area contributed by atoms with Crippen molar-refractivity contribution in [2.45, 2.75) is 84.1 Å². The molecule has 1 heterocycles. The number of nitrogens with zero attached hydrogens (tertiary/aromatic N) is 1. The van der Waals surface area contributed by atoms with Gasteiger partial charge in [-0.3, -0.25) is 4.57 Å². The molecule has 0 aliphatic rings. The summed E-state index contributed by atoms with van der Waals surface area (Å²) in [6, 6.07) is 0. The number of aromatic amines is 1. The predicted octanol–water partition coefficient (Wildman–Crippen LogP) is 4.44. The Labute approximate surface area is 117 Å². The highest BCUT2D eigenvalue weighted by Crippen LogP contribution is 2.28. The second-order valence-corrected chi connectivity index (χ2v) is 5.90. The molecule has 1 rings (SSSR count). The highest BCUT2D eigenvalue weighted by molar-refractivity contribution is 4.89. The molecule has 1 unspecified atom stereocenters. The summed E-state index contributed by atoms with van der Waals surface area (Å²) >= 11 is 0. The van der Waals surface area contributed by atoms with Crippen LogP contribution in [0.1, 0.15) is 78.6 Å². The average molecular weight is 266 g/mol. The first-order valence-electron chi connectivity index (χ1n) is 7.90. The molecule has 3 nitrogen and oxygen atoms in total. The first-order valence-corrected chi connectivity index (χ1v) is 7.90. The molecule has 19 heavy (non-hydrogen) atoms. The van der Waals surface area contributed by atoms with E-state index in [1.165, 1.54) is 44.9 Å². The first-order chi connectivity index (χ1) is 9.14. The van der Waals surface area contributed by atoms with Crippen LogP contribution in [0.2, 0.25) is 0 Å². The second kappa shape index (κ2) is 8.23. The van der Waals surface area contributed by atoms with Gasteiger partial charge in [0.15, 0.2) is 0 Å². The van der Waals surface area contributed by atoms with E-state index < -0.39 is 0 Å². The summed E-state index contributed by atoms with van der Waals surface area (Å²) < 4.78 is 1.91. The van der Waals surface area contributed by atoms with Crippen LogP contribution in [-0.2, 0) is 5.54 Å². The number of hydrogen-bond acceptors (Lipinski definition) is 1. The van der Waals surface area contributed by atoms with E-state index in [-0.39, 0.29) is 11.2 Å². The number of aromatic nitrogens is 2. The molecule has 0 fully saturated rings. The van der Waals surface area contributed by atoms with E-state index in [0.29, 0.717) is 0 Å². The van der Waals surface area contributed by atoms with Crippen LogP contribution in [-0.4, -0.2) is 9.55 Å². The van der Waals surface area contributed by atoms with Gasteiger partial charge in [0.2, 0.25) is 0 Å². The standard InChI is InChI=1S/C16H30N2O/c1-4-6-8-10-12-16(3,11-9-7-5-2)18-14-13-17-15(18)19/h13-14H,4-12H2,1-3H3,(H,17,19). The Kier molecular flexibility index (Phi) is 6.96. The molecule has 1 aromatic rings. The quantitative estimate of drug-likeness (QED) is 0.624. The molecule has 0 saturated heterocycles. The minimum atomic E-state index is -0.0139. The molecule has 0 bridgehead atoms. The number of rotatable bonds is 10. The third-order valence-electron chi connectivity index (χ3n) is 4.12. The van der Waals surface area contributed by atoms with Gasteiger partial charge in [-0.15, -0.1) is 0 Å². The monoisotopic (exact) mass is 266 g/mol. The summed E-state index contributed by atoms with van der Waals surface area (Å²) in [5, 5.41) is 0. The Morgan fingerprint density at radius 3 is 2.16 bits per heavy atom. The Morgan fingerprint density at radius 2 is 1.63 bits per heavy atom. The van der Waals surface area contributed by atoms with Crippen molar-refractivity contribution in [3.8, 4) is 0 Å². The molecule has 0 aliphatic heterocycles. The molecular weight excluding hydrogens is 236 g/mol. The second-order valence-electron chi connectivity index (χ2n) is 5.90. The lowest BCUT2D eigenvalue weighted by molar-refractivity contribution is 0.245. The van der Waals surface area contributed by atoms with Crippen molar-refractivity contribution in [1.29, 1.82) is 0 Å². The largest absolute Gasteiger partial charge is 0.325 e. The molecule has 1 atom stereocenters. The van der Waals surface area contributed by atoms with Gasteiger partial charge in [-0.1, -0.05) is 58.8 Å². The van der Waals surface area contributed by atoms with E-state index in [4.69, 9.17) is 0 Å². The SMILES string of the molecule is CCCCCCC(C)(CCCCC)n1cc[nH]c1=O. The topological polar surface area (TPSA) is 37.8 Å². The molecule has 0 saturated carbocycles. The lowest BCUT2D eigenvalue weighted by Crippen LogP contribution is -2.37. The van der Waals surface area contributed by atoms with Gasteiger partial charge < -0.3 is 4.98 Å². The highest BCUT2D eigenvalue weighted by Gasteiger charge is 2.26. The molecule has 0 amide bonds. The van der Waals surface area contributed by atoms with Crippen molar-refractivity contribution in [3.63, 3.8) is 0 Å². The zero-order valence-corrected chi connectivity index (χ0v) is 12.9. The maximum atomic E-state index is 11.9. The first kappa shape index (κ1) is 16.1. The van der Waals surface area contributed by atoms with Crippen molar-refractivity contribution in [2.24, 2.45) is 0 Å². The van der Waals surface area contributed by atoms with Gasteiger partial charge >= 0.3 is 5.69 Å². The van der Waals surface area contributed by atoms with Gasteiger partial charge in [-0.25, -0.2) is 4.79 Å². The zero-order chi connectivity index (χ0) is 14.1. The van der Waals surface area contributed by atoms with Crippen molar-refractivity contribution in [3.05, 3.63) is 22.9 Å². The van der Waals surface area contributed by atoms with Crippen molar-refractivity contribution in [2.75, 3.05) is 0 Å². The van der Waals surface area contributed by atoms with Crippen LogP contribution >= 0.6 is 0 Å². The maximum absolute atomic E-state index is 11.9. The van der Waals surface area contributed by atoms with Gasteiger partial charge in [0.1, 0.15) is 0 Å². The molecule has 110 valence electrons. The van der Waals surface area contributed by atoms with Crippen molar-refractivity contribution >= 4 is 0 Å². The molecule has 0 spiro atoms. The molecular formula is C16H30N2O. The molecule has 3 heteroatoms. The van der Waals surface area contributed by atoms with Crippen molar-refractivity contribution < 1.29 is 0 Å². The minimum Gasteiger partial charge on any atom is -0.313 e. The lowest BCUT2D eigenvalue weighted by Gasteiger charge is -2.31. The predicted molar refractivity (Wildman–Crippen MR) is 81.6 cm³/mol. The summed E-state index contributed by atoms with van der Waals surface area (Å²) in [4.78, 5) is 14.7. The molecule has 0 aromatic carbocycles. The van der Waals surface area contributed by atoms with Crippen LogP contribution in [0.3, 0.4) is 0 Å². The van der Waals surface area contributed by atoms with Crippen LogP contribution in [0.25, 0.3) is 0 Å². The number of nitrogens with one attached hydrogen (secondary N) is 1. The molecule has 1 aromatic heterocycles. The van der Waals surface area contributed by atoms with E-state index in [1.54, 1.807) is 6.20 Å². The third kappa shape index (κ3) is 4.88. The smallest absolute Gasteiger partial charge is 0.313 e. The van der Waals surface area contributed by atoms with Crippen LogP contribution in [0.4, 0.5) is 0 Å². The Bertz CT molecular complexity index is 393. The normalized spacial score (nSPS) is 14.5. The number of H-pyrrole nitrogens is 1. The summed E-state index contributed by atoms with van der Waals surface area (Å²) in [5.41, 5.74) is 0.0227. The average Bonchev–Trinajstić information content (AvgIpc) is 2.82. The molecule has 0 aliphatic carbocycles. The van der Waals surface area contributed by atoms with E-state index in [9.17, 15) is 4.79 Å². The van der Waals surface area contributed by atoms with Crippen LogP contribution in [0, 0.1) is 0 Å². The van der Waals surface area contributed by atoms with Gasteiger partial charge in [0, 0.05) is 17.9 Å². The fourth-order valence-corrected chi connectivity index (χ4v) is 2.80. The third-order valence-corrected chi connectivity index (χ3v) is 4.12. The Hall–Kier alpha value is -0.990. The van der Waals surface area contributed by atoms with E-state index >= 15 is 0 Å². The maximum Gasteiger partial charge on any atom is 0.325 e. The Morgan fingerprint density at radius 1 is 1.05 bits per heavy atom. The zero-order valence-electron chi connectivity index (χ0n) is 12.9. The molecule has 1 N–H and O–H groups in total. The van der Waals surface area contributed by atoms with Gasteiger partial charge in [0.25, 0.3) is 0 Å². The van der Waals surface area contributed by atoms with Gasteiger partial charge in [-0.2, -0.15) is 0 Å². The summed E-state index contributed by atoms with van der Waals surface area (Å²) in [6.45, 7) is 6.70. The lowest BCUT2D eigenvalue weighted by atomic mass is 9.88. The highest BCUT2D eigenvalue weighted by atomic mass is 16.1. The van der Waals surface area contributed by atoms with Gasteiger partial charge in [-0.05, 0) is 19.8 Å². The Balaban J connectivity index is 2.67. The fourth-order valence-electron chi connectivity index (χ4n) is 2.80. The molecule has 0 radical (unpaired) electrons. The number of imidazole rings is 1. The number of unbranched alkanes of at least 4 members (excludes halogenated alkanes) is 5. The minimum absolute atomic E-state index is 0.0139. The summed E-state index contributed by atoms with van der Waals surface area (Å²) in [5.74, 6) is 0. The van der Waals surface area contributed by atoms with Crippen LogP contribution < -0.4 is 5.69 Å². The summed E-state index contributed by atoms with van der Waals surface area (Å²) in [7, 11) is 0. The van der Waals surface area contributed by atoms with Crippen LogP contribution in [0.15, 0.2) is 17.2 Å². The van der Waals surface area contributed by atoms with Crippen molar-refractivity contribution in [1.82, 2.24) is 9.55 Å². The summed E-state index contributed by atoms with van der Waals surface area (Å²) in [6.07, 6.45) is 14.6. The fraction of sp³-hybridized carbons (Fsp3) is 0.812. The van der Waals surface area contributed by atoms with E-state index in [1.807, 2.05) is 10.8 Å².